The summed E-state index contributed by atoms with van der Waals surface area (Å²) >= 11 is 0. The second kappa shape index (κ2) is 5.14. The van der Waals surface area contributed by atoms with Gasteiger partial charge in [0, 0.05) is 12.6 Å². The molecule has 6 nitrogen and oxygen atoms in total. The molecule has 6 heteroatoms. The summed E-state index contributed by atoms with van der Waals surface area (Å²) in [5, 5.41) is 14.6. The average molecular weight is 254 g/mol. The summed E-state index contributed by atoms with van der Waals surface area (Å²) in [6, 6.07) is 0.347. The smallest absolute Gasteiger partial charge is 0.234 e. The van der Waals surface area contributed by atoms with Gasteiger partial charge >= 0.3 is 0 Å². The third-order valence-corrected chi connectivity index (χ3v) is 4.10. The van der Waals surface area contributed by atoms with Crippen molar-refractivity contribution < 1.29 is 10.0 Å². The molecule has 0 spiro atoms. The van der Waals surface area contributed by atoms with E-state index in [0.29, 0.717) is 25.4 Å². The molecule has 4 N–H and O–H groups in total. The molecule has 1 aliphatic heterocycles. The first-order chi connectivity index (χ1) is 8.60. The van der Waals surface area contributed by atoms with Crippen LogP contribution in [0.2, 0.25) is 0 Å². The van der Waals surface area contributed by atoms with E-state index in [1.54, 1.807) is 0 Å². The van der Waals surface area contributed by atoms with Crippen molar-refractivity contribution in [3.8, 4) is 0 Å². The molecule has 1 aliphatic carbocycles. The van der Waals surface area contributed by atoms with Crippen molar-refractivity contribution in [3.63, 3.8) is 0 Å². The molecule has 1 unspecified atom stereocenters. The second-order valence-corrected chi connectivity index (χ2v) is 5.37. The van der Waals surface area contributed by atoms with E-state index in [9.17, 15) is 4.79 Å². The van der Waals surface area contributed by atoms with Crippen molar-refractivity contribution >= 4 is 11.7 Å². The van der Waals surface area contributed by atoms with Crippen molar-refractivity contribution in [2.24, 2.45) is 16.3 Å². The minimum absolute atomic E-state index is 0.0359. The van der Waals surface area contributed by atoms with Gasteiger partial charge in [0.2, 0.25) is 5.91 Å². The van der Waals surface area contributed by atoms with E-state index >= 15 is 0 Å². The summed E-state index contributed by atoms with van der Waals surface area (Å²) in [5.41, 5.74) is 4.83. The number of nitrogens with one attached hydrogen (secondary N) is 1. The van der Waals surface area contributed by atoms with Gasteiger partial charge < -0.3 is 16.3 Å². The van der Waals surface area contributed by atoms with E-state index in [2.05, 4.69) is 22.3 Å². The molecule has 2 rings (SSSR count). The molecular weight excluding hydrogens is 232 g/mol. The van der Waals surface area contributed by atoms with E-state index in [1.165, 1.54) is 12.8 Å². The molecule has 0 bridgehead atoms. The largest absolute Gasteiger partial charge is 0.409 e. The lowest BCUT2D eigenvalue weighted by Gasteiger charge is -2.24. The molecule has 1 amide bonds. The third-order valence-electron chi connectivity index (χ3n) is 4.10. The van der Waals surface area contributed by atoms with Crippen LogP contribution in [0.4, 0.5) is 0 Å². The highest BCUT2D eigenvalue weighted by Gasteiger charge is 2.54. The molecule has 1 atom stereocenters. The number of rotatable bonds is 5. The van der Waals surface area contributed by atoms with Crippen molar-refractivity contribution in [1.29, 1.82) is 0 Å². The van der Waals surface area contributed by atoms with Crippen LogP contribution < -0.4 is 11.1 Å². The van der Waals surface area contributed by atoms with Gasteiger partial charge in [0.1, 0.15) is 5.41 Å². The lowest BCUT2D eigenvalue weighted by Crippen LogP contribution is -2.46. The molecular formula is C12H22N4O2. The van der Waals surface area contributed by atoms with Crippen molar-refractivity contribution in [3.05, 3.63) is 0 Å². The van der Waals surface area contributed by atoms with E-state index in [4.69, 9.17) is 10.9 Å². The number of hydrogen-bond acceptors (Lipinski definition) is 4. The maximum absolute atomic E-state index is 12.0. The van der Waals surface area contributed by atoms with Crippen LogP contribution in [0.15, 0.2) is 5.16 Å². The number of amides is 1. The number of carbonyl (C=O) groups is 1. The molecule has 2 aliphatic rings. The van der Waals surface area contributed by atoms with Crippen LogP contribution in [0.25, 0.3) is 0 Å². The molecule has 0 aromatic rings. The molecule has 102 valence electrons. The molecule has 18 heavy (non-hydrogen) atoms. The molecule has 2 fully saturated rings. The standard InChI is InChI=1S/C12H22N4O2/c1-9(16-6-2-3-7-16)8-14-11(17)12(4-5-12)10(13)15-18/h9,18H,2-8H2,1H3,(H2,13,15)(H,14,17). The predicted octanol–water partition coefficient (Wildman–Crippen LogP) is 0.114. The van der Waals surface area contributed by atoms with Crippen LogP contribution in [-0.2, 0) is 4.79 Å². The third kappa shape index (κ3) is 2.43. The average Bonchev–Trinajstić information content (AvgIpc) is 3.02. The SMILES string of the molecule is CC(CNC(=O)C1(C(N)=NO)CC1)N1CCCC1. The fourth-order valence-corrected chi connectivity index (χ4v) is 2.54. The van der Waals surface area contributed by atoms with E-state index in [1.807, 2.05) is 0 Å². The van der Waals surface area contributed by atoms with Gasteiger partial charge in [0.25, 0.3) is 0 Å². The van der Waals surface area contributed by atoms with Crippen LogP contribution in [0.5, 0.6) is 0 Å². The van der Waals surface area contributed by atoms with Crippen LogP contribution >= 0.6 is 0 Å². The van der Waals surface area contributed by atoms with Crippen molar-refractivity contribution in [1.82, 2.24) is 10.2 Å². The second-order valence-electron chi connectivity index (χ2n) is 5.37. The van der Waals surface area contributed by atoms with Crippen LogP contribution in [-0.4, -0.2) is 47.5 Å². The monoisotopic (exact) mass is 254 g/mol. The minimum atomic E-state index is -0.737. The van der Waals surface area contributed by atoms with Gasteiger partial charge in [-0.05, 0) is 45.7 Å². The van der Waals surface area contributed by atoms with E-state index in [0.717, 1.165) is 13.1 Å². The molecule has 1 heterocycles. The zero-order chi connectivity index (χ0) is 13.2. The van der Waals surface area contributed by atoms with Gasteiger partial charge in [0.15, 0.2) is 5.84 Å². The van der Waals surface area contributed by atoms with Crippen LogP contribution in [0, 0.1) is 5.41 Å². The fraction of sp³-hybridized carbons (Fsp3) is 0.833. The molecule has 0 radical (unpaired) electrons. The Hall–Kier alpha value is -1.30. The molecule has 0 aromatic heterocycles. The van der Waals surface area contributed by atoms with E-state index < -0.39 is 5.41 Å². The number of oxime groups is 1. The molecule has 0 aromatic carbocycles. The maximum atomic E-state index is 12.0. The Morgan fingerprint density at radius 3 is 2.61 bits per heavy atom. The first-order valence-corrected chi connectivity index (χ1v) is 6.60. The number of nitrogens with zero attached hydrogens (tertiary/aromatic N) is 2. The first kappa shape index (κ1) is 13.1. The van der Waals surface area contributed by atoms with Gasteiger partial charge in [0.05, 0.1) is 0 Å². The summed E-state index contributed by atoms with van der Waals surface area (Å²) in [7, 11) is 0. The number of carbonyl (C=O) groups excluding carboxylic acids is 1. The Morgan fingerprint density at radius 2 is 2.11 bits per heavy atom. The highest BCUT2D eigenvalue weighted by Crippen LogP contribution is 2.45. The lowest BCUT2D eigenvalue weighted by molar-refractivity contribution is -0.124. The topological polar surface area (TPSA) is 91.0 Å². The Kier molecular flexibility index (Phi) is 3.75. The number of amidine groups is 1. The lowest BCUT2D eigenvalue weighted by atomic mass is 10.1. The van der Waals surface area contributed by atoms with Gasteiger partial charge in [-0.2, -0.15) is 0 Å². The Labute approximate surface area is 107 Å². The van der Waals surface area contributed by atoms with Crippen LogP contribution in [0.3, 0.4) is 0 Å². The Balaban J connectivity index is 1.81. The summed E-state index contributed by atoms with van der Waals surface area (Å²) < 4.78 is 0. The van der Waals surface area contributed by atoms with E-state index in [-0.39, 0.29) is 11.7 Å². The Morgan fingerprint density at radius 1 is 1.50 bits per heavy atom. The normalized spacial score (nSPS) is 24.8. The Bertz CT molecular complexity index is 346. The zero-order valence-corrected chi connectivity index (χ0v) is 10.9. The van der Waals surface area contributed by atoms with Gasteiger partial charge in [-0.3, -0.25) is 9.69 Å². The first-order valence-electron chi connectivity index (χ1n) is 6.60. The van der Waals surface area contributed by atoms with Crippen molar-refractivity contribution in [2.75, 3.05) is 19.6 Å². The minimum Gasteiger partial charge on any atom is -0.409 e. The molecule has 1 saturated carbocycles. The number of likely N-dealkylation sites (tertiary alicyclic amines) is 1. The summed E-state index contributed by atoms with van der Waals surface area (Å²) in [6.07, 6.45) is 3.83. The molecule has 1 saturated heterocycles. The van der Waals surface area contributed by atoms with Crippen molar-refractivity contribution in [2.45, 2.75) is 38.6 Å². The van der Waals surface area contributed by atoms with Crippen LogP contribution in [0.1, 0.15) is 32.6 Å². The summed E-state index contributed by atoms with van der Waals surface area (Å²) in [6.45, 7) is 4.97. The maximum Gasteiger partial charge on any atom is 0.234 e. The number of hydrogen-bond donors (Lipinski definition) is 3. The zero-order valence-electron chi connectivity index (χ0n) is 10.9. The summed E-state index contributed by atoms with van der Waals surface area (Å²) in [5.74, 6) is -0.0716. The number of nitrogens with two attached hydrogens (primary N) is 1. The van der Waals surface area contributed by atoms with Gasteiger partial charge in [-0.15, -0.1) is 0 Å². The van der Waals surface area contributed by atoms with Gasteiger partial charge in [-0.1, -0.05) is 5.16 Å². The van der Waals surface area contributed by atoms with Gasteiger partial charge in [-0.25, -0.2) is 0 Å². The quantitative estimate of drug-likeness (QED) is 0.281. The fourth-order valence-electron chi connectivity index (χ4n) is 2.54. The summed E-state index contributed by atoms with van der Waals surface area (Å²) in [4.78, 5) is 14.4. The highest BCUT2D eigenvalue weighted by atomic mass is 16.4. The predicted molar refractivity (Wildman–Crippen MR) is 68.4 cm³/mol. The highest BCUT2D eigenvalue weighted by molar-refractivity contribution is 6.09.